The van der Waals surface area contributed by atoms with Gasteiger partial charge in [-0.2, -0.15) is 4.98 Å². The summed E-state index contributed by atoms with van der Waals surface area (Å²) < 4.78 is 6.97. The maximum Gasteiger partial charge on any atom is 0.264 e. The standard InChI is InChI=1S/C19H15Cl2N5O3/c20-12-3-1-11(2-4-12)15-9-16(27)23-19-24-18(25-26(15)19)22-17(28)10-29-14-7-5-13(21)6-8-14/h1-8,15H,9-10H2,(H2,22,23,24,25,27,28)/t15-/m1/s1. The number of amides is 2. The smallest absolute Gasteiger partial charge is 0.264 e. The average molecular weight is 432 g/mol. The zero-order chi connectivity index (χ0) is 20.4. The molecule has 2 N–H and O–H groups in total. The van der Waals surface area contributed by atoms with Crippen LogP contribution in [0.25, 0.3) is 0 Å². The van der Waals surface area contributed by atoms with Gasteiger partial charge in [0.1, 0.15) is 5.75 Å². The predicted octanol–water partition coefficient (Wildman–Crippen LogP) is 3.53. The number of benzene rings is 2. The minimum Gasteiger partial charge on any atom is -0.484 e. The largest absolute Gasteiger partial charge is 0.484 e. The Labute approximate surface area is 175 Å². The molecule has 148 valence electrons. The summed E-state index contributed by atoms with van der Waals surface area (Å²) in [5.41, 5.74) is 0.861. The minimum atomic E-state index is -0.433. The number of nitrogens with one attached hydrogen (secondary N) is 2. The Morgan fingerprint density at radius 2 is 1.79 bits per heavy atom. The van der Waals surface area contributed by atoms with E-state index in [4.69, 9.17) is 27.9 Å². The second-order valence-corrected chi connectivity index (χ2v) is 7.19. The SMILES string of the molecule is O=C(COc1ccc(Cl)cc1)Nc1nc2n(n1)[C@@H](c1ccc(Cl)cc1)CC(=O)N2. The van der Waals surface area contributed by atoms with Gasteiger partial charge in [0, 0.05) is 10.0 Å². The highest BCUT2D eigenvalue weighted by atomic mass is 35.5. The fourth-order valence-corrected chi connectivity index (χ4v) is 3.15. The summed E-state index contributed by atoms with van der Waals surface area (Å²) in [5, 5.41) is 10.7. The van der Waals surface area contributed by atoms with Gasteiger partial charge in [0.2, 0.25) is 11.9 Å². The van der Waals surface area contributed by atoms with Gasteiger partial charge in [0.15, 0.2) is 6.61 Å². The zero-order valence-corrected chi connectivity index (χ0v) is 16.4. The predicted molar refractivity (Wildman–Crippen MR) is 108 cm³/mol. The molecule has 1 atom stereocenters. The second-order valence-electron chi connectivity index (χ2n) is 6.31. The highest BCUT2D eigenvalue weighted by Gasteiger charge is 2.29. The summed E-state index contributed by atoms with van der Waals surface area (Å²) in [5.74, 6) is 0.226. The van der Waals surface area contributed by atoms with Crippen molar-refractivity contribution < 1.29 is 14.3 Å². The second kappa shape index (κ2) is 8.10. The summed E-state index contributed by atoms with van der Waals surface area (Å²) >= 11 is 11.8. The molecular weight excluding hydrogens is 417 g/mol. The normalized spacial score (nSPS) is 15.4. The number of nitrogens with zero attached hydrogens (tertiary/aromatic N) is 3. The third kappa shape index (κ3) is 4.49. The molecule has 0 aliphatic carbocycles. The summed E-state index contributed by atoms with van der Waals surface area (Å²) in [6.45, 7) is -0.224. The van der Waals surface area contributed by atoms with E-state index in [1.54, 1.807) is 41.1 Å². The summed E-state index contributed by atoms with van der Waals surface area (Å²) in [7, 11) is 0. The van der Waals surface area contributed by atoms with Crippen molar-refractivity contribution in [3.63, 3.8) is 0 Å². The van der Waals surface area contributed by atoms with Gasteiger partial charge in [0.25, 0.3) is 11.9 Å². The van der Waals surface area contributed by atoms with Gasteiger partial charge in [-0.1, -0.05) is 35.3 Å². The molecule has 29 heavy (non-hydrogen) atoms. The van der Waals surface area contributed by atoms with Crippen LogP contribution in [0.15, 0.2) is 48.5 Å². The number of halogens is 2. The fourth-order valence-electron chi connectivity index (χ4n) is 2.90. The van der Waals surface area contributed by atoms with E-state index < -0.39 is 5.91 Å². The third-order valence-electron chi connectivity index (χ3n) is 4.25. The van der Waals surface area contributed by atoms with Crippen molar-refractivity contribution in [1.82, 2.24) is 14.8 Å². The van der Waals surface area contributed by atoms with Gasteiger partial charge in [-0.05, 0) is 42.0 Å². The van der Waals surface area contributed by atoms with Crippen molar-refractivity contribution in [2.45, 2.75) is 12.5 Å². The Hall–Kier alpha value is -3.10. The lowest BCUT2D eigenvalue weighted by atomic mass is 10.0. The Bertz CT molecular complexity index is 1050. The molecule has 0 saturated heterocycles. The van der Waals surface area contributed by atoms with Crippen LogP contribution in [0.3, 0.4) is 0 Å². The number of hydrogen-bond donors (Lipinski definition) is 2. The summed E-state index contributed by atoms with van der Waals surface area (Å²) in [6.07, 6.45) is 0.199. The third-order valence-corrected chi connectivity index (χ3v) is 4.75. The van der Waals surface area contributed by atoms with E-state index in [1.165, 1.54) is 0 Å². The van der Waals surface area contributed by atoms with Gasteiger partial charge in [-0.15, -0.1) is 5.10 Å². The van der Waals surface area contributed by atoms with Crippen LogP contribution in [-0.2, 0) is 9.59 Å². The molecule has 3 aromatic rings. The molecule has 0 unspecified atom stereocenters. The van der Waals surface area contributed by atoms with Crippen LogP contribution in [0, 0.1) is 0 Å². The first-order chi connectivity index (χ1) is 14.0. The van der Waals surface area contributed by atoms with Crippen molar-refractivity contribution in [3.8, 4) is 5.75 Å². The topological polar surface area (TPSA) is 98.1 Å². The first-order valence-corrected chi connectivity index (χ1v) is 9.43. The lowest BCUT2D eigenvalue weighted by molar-refractivity contribution is -0.118. The molecule has 2 amide bonds. The molecule has 2 heterocycles. The van der Waals surface area contributed by atoms with E-state index in [1.807, 2.05) is 12.1 Å². The quantitative estimate of drug-likeness (QED) is 0.643. The zero-order valence-electron chi connectivity index (χ0n) is 14.9. The lowest BCUT2D eigenvalue weighted by Crippen LogP contribution is -2.29. The number of rotatable bonds is 5. The van der Waals surface area contributed by atoms with Gasteiger partial charge in [0.05, 0.1) is 12.5 Å². The van der Waals surface area contributed by atoms with Gasteiger partial charge in [-0.25, -0.2) is 4.68 Å². The van der Waals surface area contributed by atoms with E-state index in [-0.39, 0.29) is 36.9 Å². The number of carbonyl (C=O) groups is 2. The van der Waals surface area contributed by atoms with Crippen molar-refractivity contribution in [3.05, 3.63) is 64.1 Å². The highest BCUT2D eigenvalue weighted by molar-refractivity contribution is 6.30. The Kier molecular flexibility index (Phi) is 5.37. The molecule has 0 saturated carbocycles. The van der Waals surface area contributed by atoms with Gasteiger partial charge < -0.3 is 4.74 Å². The molecule has 2 aromatic carbocycles. The van der Waals surface area contributed by atoms with Crippen LogP contribution in [0.5, 0.6) is 5.75 Å². The van der Waals surface area contributed by atoms with Gasteiger partial charge >= 0.3 is 0 Å². The van der Waals surface area contributed by atoms with Crippen LogP contribution in [0.4, 0.5) is 11.9 Å². The molecule has 1 aliphatic rings. The first kappa shape index (κ1) is 19.2. The summed E-state index contributed by atoms with van der Waals surface area (Å²) in [4.78, 5) is 28.4. The Morgan fingerprint density at radius 3 is 2.48 bits per heavy atom. The molecule has 0 radical (unpaired) electrons. The fraction of sp³-hybridized carbons (Fsp3) is 0.158. The number of hydrogen-bond acceptors (Lipinski definition) is 5. The molecule has 10 heteroatoms. The van der Waals surface area contributed by atoms with Crippen molar-refractivity contribution >= 4 is 46.9 Å². The molecule has 1 aromatic heterocycles. The number of aromatic nitrogens is 3. The van der Waals surface area contributed by atoms with Crippen molar-refractivity contribution in [1.29, 1.82) is 0 Å². The Balaban J connectivity index is 1.46. The van der Waals surface area contributed by atoms with Crippen LogP contribution in [-0.4, -0.2) is 33.2 Å². The number of anilines is 2. The monoisotopic (exact) mass is 431 g/mol. The van der Waals surface area contributed by atoms with E-state index in [0.717, 1.165) is 5.56 Å². The van der Waals surface area contributed by atoms with Crippen LogP contribution >= 0.6 is 23.2 Å². The molecule has 0 fully saturated rings. The van der Waals surface area contributed by atoms with Crippen molar-refractivity contribution in [2.24, 2.45) is 0 Å². The molecule has 8 nitrogen and oxygen atoms in total. The molecule has 0 bridgehead atoms. The number of fused-ring (bicyclic) bond motifs is 1. The number of ether oxygens (including phenoxy) is 1. The molecule has 4 rings (SSSR count). The van der Waals surface area contributed by atoms with Crippen LogP contribution in [0.1, 0.15) is 18.0 Å². The molecule has 0 spiro atoms. The Morgan fingerprint density at radius 1 is 1.14 bits per heavy atom. The lowest BCUT2D eigenvalue weighted by Gasteiger charge is -2.23. The van der Waals surface area contributed by atoms with Crippen LogP contribution < -0.4 is 15.4 Å². The van der Waals surface area contributed by atoms with Crippen molar-refractivity contribution in [2.75, 3.05) is 17.2 Å². The van der Waals surface area contributed by atoms with E-state index in [9.17, 15) is 9.59 Å². The first-order valence-electron chi connectivity index (χ1n) is 8.68. The molecular formula is C19H15Cl2N5O3. The van der Waals surface area contributed by atoms with Crippen LogP contribution in [0.2, 0.25) is 10.0 Å². The molecule has 1 aliphatic heterocycles. The number of carbonyl (C=O) groups excluding carboxylic acids is 2. The van der Waals surface area contributed by atoms with E-state index >= 15 is 0 Å². The maximum atomic E-state index is 12.2. The van der Waals surface area contributed by atoms with Gasteiger partial charge in [-0.3, -0.25) is 20.2 Å². The average Bonchev–Trinajstić information content (AvgIpc) is 3.09. The summed E-state index contributed by atoms with van der Waals surface area (Å²) in [6, 6.07) is 13.5. The minimum absolute atomic E-state index is 0.0749. The van der Waals surface area contributed by atoms with E-state index in [2.05, 4.69) is 20.7 Å². The van der Waals surface area contributed by atoms with E-state index in [0.29, 0.717) is 15.8 Å². The highest BCUT2D eigenvalue weighted by Crippen LogP contribution is 2.30. The maximum absolute atomic E-state index is 12.2.